The number of hydrogen-bond donors (Lipinski definition) is 2. The predicted octanol–water partition coefficient (Wildman–Crippen LogP) is 10.1. The number of amides is 3. The Labute approximate surface area is 305 Å². The third-order valence-corrected chi connectivity index (χ3v) is 12.8. The van der Waals surface area contributed by atoms with Gasteiger partial charge in [0, 0.05) is 20.4 Å². The summed E-state index contributed by atoms with van der Waals surface area (Å²) in [6.07, 6.45) is 14.3. The molecule has 3 unspecified atom stereocenters. The molecule has 2 aliphatic carbocycles. The number of benzene rings is 3. The molecule has 0 bridgehead atoms. The molecule has 0 spiro atoms. The highest BCUT2D eigenvalue weighted by molar-refractivity contribution is 8.00. The van der Waals surface area contributed by atoms with Gasteiger partial charge in [-0.1, -0.05) is 85.7 Å². The van der Waals surface area contributed by atoms with Gasteiger partial charge in [0.05, 0.1) is 29.1 Å². The second kappa shape index (κ2) is 15.7. The number of urea groups is 1. The number of rotatable bonds is 8. The molecular weight excluding hydrogens is 683 g/mol. The highest BCUT2D eigenvalue weighted by atomic mass is 32.2. The van der Waals surface area contributed by atoms with Gasteiger partial charge in [-0.3, -0.25) is 9.69 Å². The van der Waals surface area contributed by atoms with Crippen LogP contribution in [0.3, 0.4) is 0 Å². The zero-order chi connectivity index (χ0) is 34.5. The van der Waals surface area contributed by atoms with Crippen molar-refractivity contribution in [2.24, 2.45) is 0 Å². The number of nitrogens with zero attached hydrogens (tertiary/aromatic N) is 1. The fourth-order valence-corrected chi connectivity index (χ4v) is 10.3. The molecule has 0 radical (unpaired) electrons. The maximum atomic E-state index is 14.3. The van der Waals surface area contributed by atoms with Crippen molar-refractivity contribution in [2.45, 2.75) is 71.8 Å². The van der Waals surface area contributed by atoms with Crippen LogP contribution >= 0.6 is 34.9 Å². The molecule has 1 aliphatic heterocycles. The molecule has 3 amide bonds. The van der Waals surface area contributed by atoms with Crippen molar-refractivity contribution < 1.29 is 19.1 Å². The van der Waals surface area contributed by atoms with Gasteiger partial charge in [0.25, 0.3) is 0 Å². The third kappa shape index (κ3) is 7.43. The van der Waals surface area contributed by atoms with E-state index in [1.807, 2.05) is 89.8 Å². The molecule has 4 aromatic rings. The van der Waals surface area contributed by atoms with Crippen molar-refractivity contribution in [1.82, 2.24) is 0 Å². The van der Waals surface area contributed by atoms with Crippen molar-refractivity contribution in [3.05, 3.63) is 125 Å². The standard InChI is InChI=1S/C40H39N3O4S3/c1-2-47-39(45)35-29-19-8-3-4-9-22-32(29)50-38(35)42-37(44)36(26-15-6-5-7-16-26)48-28-18-14-17-27(25-28)41-40(46)43-30-20-10-12-23-33(30)49-34-24-13-11-21-31(34)43/h5-7,10-18,20-21,23-25,30,33,36H,2-4,8-9,19,22H2,1H3,(H,41,46)(H,42,44). The Morgan fingerprint density at radius 2 is 1.68 bits per heavy atom. The van der Waals surface area contributed by atoms with Crippen LogP contribution in [0.5, 0.6) is 0 Å². The van der Waals surface area contributed by atoms with E-state index in [0.29, 0.717) is 16.3 Å². The molecule has 10 heteroatoms. The number of fused-ring (bicyclic) bond motifs is 3. The number of esters is 1. The summed E-state index contributed by atoms with van der Waals surface area (Å²) in [5, 5.41) is 6.36. The average molecular weight is 722 g/mol. The summed E-state index contributed by atoms with van der Waals surface area (Å²) in [6.45, 7) is 2.07. The Hall–Kier alpha value is -4.25. The number of allylic oxidation sites excluding steroid dienone is 2. The van der Waals surface area contributed by atoms with Gasteiger partial charge >= 0.3 is 12.0 Å². The zero-order valence-corrected chi connectivity index (χ0v) is 30.3. The van der Waals surface area contributed by atoms with E-state index in [1.54, 1.807) is 18.7 Å². The number of thioether (sulfide) groups is 2. The molecule has 1 aromatic heterocycles. The SMILES string of the molecule is CCOC(=O)c1c(NC(=O)C(Sc2cccc(NC(=O)N3c4ccccc4SC4C=CC=CC43)c2)c2ccccc2)sc2c1CCCCCC2. The molecule has 3 atom stereocenters. The van der Waals surface area contributed by atoms with Crippen LogP contribution in [-0.2, 0) is 22.4 Å². The molecule has 0 saturated heterocycles. The van der Waals surface area contributed by atoms with Gasteiger partial charge in [-0.05, 0) is 74.1 Å². The number of nitrogens with one attached hydrogen (secondary N) is 2. The second-order valence-corrected chi connectivity index (χ2v) is 15.9. The molecule has 0 saturated carbocycles. The molecule has 256 valence electrons. The van der Waals surface area contributed by atoms with E-state index in [0.717, 1.165) is 63.6 Å². The molecule has 2 N–H and O–H groups in total. The van der Waals surface area contributed by atoms with E-state index >= 15 is 0 Å². The normalized spacial score (nSPS) is 18.5. The number of para-hydroxylation sites is 1. The largest absolute Gasteiger partial charge is 0.462 e. The zero-order valence-electron chi connectivity index (χ0n) is 27.8. The number of anilines is 3. The summed E-state index contributed by atoms with van der Waals surface area (Å²) in [6, 6.07) is 24.9. The smallest absolute Gasteiger partial charge is 0.341 e. The van der Waals surface area contributed by atoms with Gasteiger partial charge in [-0.25, -0.2) is 9.59 Å². The van der Waals surface area contributed by atoms with Crippen LogP contribution in [0, 0.1) is 0 Å². The van der Waals surface area contributed by atoms with Crippen LogP contribution < -0.4 is 15.5 Å². The number of thiophene rings is 1. The van der Waals surface area contributed by atoms with Crippen molar-refractivity contribution >= 4 is 69.1 Å². The summed E-state index contributed by atoms with van der Waals surface area (Å²) >= 11 is 4.68. The van der Waals surface area contributed by atoms with Gasteiger partial charge in [0.15, 0.2) is 0 Å². The van der Waals surface area contributed by atoms with Crippen LogP contribution in [0.1, 0.15) is 64.2 Å². The lowest BCUT2D eigenvalue weighted by molar-refractivity contribution is -0.115. The maximum Gasteiger partial charge on any atom is 0.341 e. The van der Waals surface area contributed by atoms with Gasteiger partial charge in [0.2, 0.25) is 5.91 Å². The molecule has 0 fully saturated rings. The summed E-state index contributed by atoms with van der Waals surface area (Å²) < 4.78 is 5.49. The van der Waals surface area contributed by atoms with Gasteiger partial charge < -0.3 is 15.4 Å². The first kappa shape index (κ1) is 34.2. The van der Waals surface area contributed by atoms with Crippen molar-refractivity contribution in [1.29, 1.82) is 0 Å². The van der Waals surface area contributed by atoms with Crippen LogP contribution in [0.4, 0.5) is 21.2 Å². The minimum atomic E-state index is -0.618. The summed E-state index contributed by atoms with van der Waals surface area (Å²) in [4.78, 5) is 46.4. The van der Waals surface area contributed by atoms with Crippen LogP contribution in [-0.4, -0.2) is 35.8 Å². The molecular formula is C40H39N3O4S3. The lowest BCUT2D eigenvalue weighted by atomic mass is 9.96. The fraction of sp³-hybridized carbons (Fsp3) is 0.275. The Morgan fingerprint density at radius 3 is 2.52 bits per heavy atom. The highest BCUT2D eigenvalue weighted by Crippen LogP contribution is 2.44. The quantitative estimate of drug-likeness (QED) is 0.139. The molecule has 2 heterocycles. The number of ether oxygens (including phenoxy) is 1. The topological polar surface area (TPSA) is 87.7 Å². The first-order valence-corrected chi connectivity index (χ1v) is 19.7. The fourth-order valence-electron chi connectivity index (χ4n) is 6.70. The van der Waals surface area contributed by atoms with E-state index < -0.39 is 5.25 Å². The minimum Gasteiger partial charge on any atom is -0.462 e. The molecule has 7 nitrogen and oxygen atoms in total. The van der Waals surface area contributed by atoms with Crippen molar-refractivity contribution in [3.63, 3.8) is 0 Å². The number of aryl methyl sites for hydroxylation is 1. The molecule has 3 aromatic carbocycles. The Bertz CT molecular complexity index is 1940. The van der Waals surface area contributed by atoms with Crippen molar-refractivity contribution in [2.75, 3.05) is 22.1 Å². The lowest BCUT2D eigenvalue weighted by Gasteiger charge is -2.40. The maximum absolute atomic E-state index is 14.3. The summed E-state index contributed by atoms with van der Waals surface area (Å²) in [5.41, 5.74) is 3.88. The number of hydrogen-bond acceptors (Lipinski definition) is 7. The van der Waals surface area contributed by atoms with E-state index in [9.17, 15) is 14.4 Å². The average Bonchev–Trinajstić information content (AvgIpc) is 3.45. The Kier molecular flexibility index (Phi) is 10.8. The number of carbonyl (C=O) groups excluding carboxylic acids is 3. The van der Waals surface area contributed by atoms with Crippen LogP contribution in [0.25, 0.3) is 0 Å². The van der Waals surface area contributed by atoms with Crippen LogP contribution in [0.15, 0.2) is 113 Å². The van der Waals surface area contributed by atoms with E-state index in [4.69, 9.17) is 4.74 Å². The van der Waals surface area contributed by atoms with Crippen LogP contribution in [0.2, 0.25) is 0 Å². The monoisotopic (exact) mass is 721 g/mol. The summed E-state index contributed by atoms with van der Waals surface area (Å²) in [7, 11) is 0. The van der Waals surface area contributed by atoms with Gasteiger partial charge in [-0.15, -0.1) is 34.9 Å². The Balaban J connectivity index is 1.14. The van der Waals surface area contributed by atoms with E-state index in [2.05, 4.69) is 28.9 Å². The lowest BCUT2D eigenvalue weighted by Crippen LogP contribution is -2.49. The second-order valence-electron chi connectivity index (χ2n) is 12.4. The molecule has 3 aliphatic rings. The first-order valence-electron chi connectivity index (χ1n) is 17.1. The van der Waals surface area contributed by atoms with Crippen molar-refractivity contribution in [3.8, 4) is 0 Å². The van der Waals surface area contributed by atoms with E-state index in [-0.39, 0.29) is 35.8 Å². The third-order valence-electron chi connectivity index (χ3n) is 9.03. The predicted molar refractivity (Wildman–Crippen MR) is 206 cm³/mol. The minimum absolute atomic E-state index is 0.111. The van der Waals surface area contributed by atoms with Gasteiger partial charge in [-0.2, -0.15) is 0 Å². The first-order chi connectivity index (χ1) is 24.5. The molecule has 7 rings (SSSR count). The Morgan fingerprint density at radius 1 is 0.900 bits per heavy atom. The van der Waals surface area contributed by atoms with Gasteiger partial charge in [0.1, 0.15) is 10.3 Å². The highest BCUT2D eigenvalue weighted by Gasteiger charge is 2.37. The summed E-state index contributed by atoms with van der Waals surface area (Å²) in [5.74, 6) is -0.602. The van der Waals surface area contributed by atoms with E-state index in [1.165, 1.54) is 29.5 Å². The molecule has 50 heavy (non-hydrogen) atoms. The number of carbonyl (C=O) groups is 3.